The largest absolute Gasteiger partial charge is 0.389 e. The molecule has 1 heterocycles. The van der Waals surface area contributed by atoms with E-state index in [2.05, 4.69) is 12.2 Å². The van der Waals surface area contributed by atoms with Crippen LogP contribution in [0.1, 0.15) is 64.7 Å². The fraction of sp³-hybridized carbons (Fsp3) is 1.00. The molecule has 3 fully saturated rings. The highest BCUT2D eigenvalue weighted by Crippen LogP contribution is 2.42. The summed E-state index contributed by atoms with van der Waals surface area (Å²) in [5.41, 5.74) is -0.249. The van der Waals surface area contributed by atoms with Gasteiger partial charge in [-0.3, -0.25) is 0 Å². The number of rotatable bonds is 3. The van der Waals surface area contributed by atoms with Crippen molar-refractivity contribution in [1.29, 1.82) is 0 Å². The molecule has 3 atom stereocenters. The van der Waals surface area contributed by atoms with Gasteiger partial charge in [-0.15, -0.1) is 0 Å². The van der Waals surface area contributed by atoms with Crippen LogP contribution >= 0.6 is 0 Å². The molecule has 0 aromatic carbocycles. The summed E-state index contributed by atoms with van der Waals surface area (Å²) < 4.78 is 5.96. The van der Waals surface area contributed by atoms with Gasteiger partial charge in [0.15, 0.2) is 0 Å². The maximum Gasteiger partial charge on any atom is 0.0774 e. The number of ether oxygens (including phenoxy) is 1. The first-order valence-electron chi connectivity index (χ1n) is 8.19. The second-order valence-electron chi connectivity index (χ2n) is 7.38. The SMILES string of the molecule is CC1CCCC(O)(CNC2CCOC3(CCC3)C2)C1. The van der Waals surface area contributed by atoms with E-state index in [-0.39, 0.29) is 5.60 Å². The van der Waals surface area contributed by atoms with Gasteiger partial charge in [-0.05, 0) is 50.9 Å². The van der Waals surface area contributed by atoms with Crippen molar-refractivity contribution in [3.8, 4) is 0 Å². The highest BCUT2D eigenvalue weighted by molar-refractivity contribution is 4.97. The van der Waals surface area contributed by atoms with Gasteiger partial charge >= 0.3 is 0 Å². The van der Waals surface area contributed by atoms with Crippen LogP contribution in [0, 0.1) is 5.92 Å². The molecular weight excluding hydrogens is 238 g/mol. The fourth-order valence-corrected chi connectivity index (χ4v) is 4.25. The van der Waals surface area contributed by atoms with Crippen molar-refractivity contribution in [2.75, 3.05) is 13.2 Å². The normalized spacial score (nSPS) is 42.0. The molecule has 2 saturated carbocycles. The van der Waals surface area contributed by atoms with E-state index in [4.69, 9.17) is 4.74 Å². The monoisotopic (exact) mass is 267 g/mol. The lowest BCUT2D eigenvalue weighted by atomic mass is 9.73. The predicted octanol–water partition coefficient (Wildman–Crippen LogP) is 2.62. The molecule has 2 N–H and O–H groups in total. The summed E-state index contributed by atoms with van der Waals surface area (Å²) >= 11 is 0. The van der Waals surface area contributed by atoms with E-state index in [1.54, 1.807) is 0 Å². The summed E-state index contributed by atoms with van der Waals surface area (Å²) in [5, 5.41) is 14.3. The highest BCUT2D eigenvalue weighted by atomic mass is 16.5. The van der Waals surface area contributed by atoms with Crippen molar-refractivity contribution >= 4 is 0 Å². The Bertz CT molecular complexity index is 316. The van der Waals surface area contributed by atoms with Gasteiger partial charge in [0.1, 0.15) is 0 Å². The fourth-order valence-electron chi connectivity index (χ4n) is 4.25. The third-order valence-corrected chi connectivity index (χ3v) is 5.55. The second kappa shape index (κ2) is 5.34. The Kier molecular flexibility index (Phi) is 3.89. The van der Waals surface area contributed by atoms with Crippen LogP contribution in [0.3, 0.4) is 0 Å². The molecule has 1 spiro atoms. The molecule has 3 heteroatoms. The highest BCUT2D eigenvalue weighted by Gasteiger charge is 2.43. The standard InChI is InChI=1S/C16H29NO2/c1-13-4-2-6-15(18,10-13)12-17-14-5-9-19-16(11-14)7-3-8-16/h13-14,17-18H,2-12H2,1H3. The molecule has 1 aliphatic heterocycles. The van der Waals surface area contributed by atoms with E-state index >= 15 is 0 Å². The smallest absolute Gasteiger partial charge is 0.0774 e. The molecule has 0 bridgehead atoms. The van der Waals surface area contributed by atoms with Gasteiger partial charge in [-0.1, -0.05) is 19.8 Å². The topological polar surface area (TPSA) is 41.5 Å². The Hall–Kier alpha value is -0.120. The Morgan fingerprint density at radius 3 is 2.68 bits per heavy atom. The van der Waals surface area contributed by atoms with Crippen LogP contribution in [-0.2, 0) is 4.74 Å². The van der Waals surface area contributed by atoms with Gasteiger partial charge in [0.25, 0.3) is 0 Å². The van der Waals surface area contributed by atoms with Crippen LogP contribution in [0.25, 0.3) is 0 Å². The molecule has 19 heavy (non-hydrogen) atoms. The van der Waals surface area contributed by atoms with Crippen LogP contribution in [0.2, 0.25) is 0 Å². The summed E-state index contributed by atoms with van der Waals surface area (Å²) in [4.78, 5) is 0. The van der Waals surface area contributed by atoms with Crippen molar-refractivity contribution < 1.29 is 9.84 Å². The summed E-state index contributed by atoms with van der Waals surface area (Å²) in [5.74, 6) is 0.674. The van der Waals surface area contributed by atoms with E-state index in [0.717, 1.165) is 38.8 Å². The van der Waals surface area contributed by atoms with E-state index in [1.807, 2.05) is 0 Å². The number of aliphatic hydroxyl groups is 1. The van der Waals surface area contributed by atoms with Crippen molar-refractivity contribution in [2.24, 2.45) is 5.92 Å². The molecule has 0 radical (unpaired) electrons. The summed E-state index contributed by atoms with van der Waals surface area (Å²) in [7, 11) is 0. The molecule has 3 nitrogen and oxygen atoms in total. The Morgan fingerprint density at radius 2 is 2.00 bits per heavy atom. The minimum absolute atomic E-state index is 0.207. The average Bonchev–Trinajstić information content (AvgIpc) is 2.35. The molecule has 1 saturated heterocycles. The van der Waals surface area contributed by atoms with Crippen molar-refractivity contribution in [3.05, 3.63) is 0 Å². The third kappa shape index (κ3) is 3.14. The van der Waals surface area contributed by atoms with Gasteiger partial charge in [0, 0.05) is 19.2 Å². The molecule has 0 amide bonds. The molecule has 3 unspecified atom stereocenters. The lowest BCUT2D eigenvalue weighted by Crippen LogP contribution is -2.54. The second-order valence-corrected chi connectivity index (χ2v) is 7.38. The number of hydrogen-bond acceptors (Lipinski definition) is 3. The minimum atomic E-state index is -0.456. The van der Waals surface area contributed by atoms with Gasteiger partial charge in [-0.2, -0.15) is 0 Å². The van der Waals surface area contributed by atoms with Crippen LogP contribution in [0.5, 0.6) is 0 Å². The van der Waals surface area contributed by atoms with Crippen molar-refractivity contribution in [3.63, 3.8) is 0 Å². The van der Waals surface area contributed by atoms with Crippen LogP contribution in [0.4, 0.5) is 0 Å². The average molecular weight is 267 g/mol. The van der Waals surface area contributed by atoms with Gasteiger partial charge in [0.05, 0.1) is 11.2 Å². The minimum Gasteiger partial charge on any atom is -0.389 e. The zero-order valence-corrected chi connectivity index (χ0v) is 12.3. The molecule has 3 aliphatic rings. The molecule has 0 aromatic rings. The maximum absolute atomic E-state index is 10.7. The zero-order valence-electron chi connectivity index (χ0n) is 12.3. The summed E-state index contributed by atoms with van der Waals surface area (Å²) in [6.07, 6.45) is 10.5. The van der Waals surface area contributed by atoms with E-state index < -0.39 is 5.60 Å². The molecular formula is C16H29NO2. The first kappa shape index (κ1) is 13.8. The van der Waals surface area contributed by atoms with Crippen LogP contribution < -0.4 is 5.32 Å². The van der Waals surface area contributed by atoms with E-state index in [1.165, 1.54) is 32.1 Å². The lowest BCUT2D eigenvalue weighted by molar-refractivity contribution is -0.137. The molecule has 3 rings (SSSR count). The van der Waals surface area contributed by atoms with Crippen molar-refractivity contribution in [1.82, 2.24) is 5.32 Å². The predicted molar refractivity (Wildman–Crippen MR) is 76.1 cm³/mol. The maximum atomic E-state index is 10.7. The summed E-state index contributed by atoms with van der Waals surface area (Å²) in [6.45, 7) is 3.94. The third-order valence-electron chi connectivity index (χ3n) is 5.55. The van der Waals surface area contributed by atoms with Gasteiger partial charge < -0.3 is 15.2 Å². The molecule has 0 aromatic heterocycles. The Labute approximate surface area is 117 Å². The first-order chi connectivity index (χ1) is 9.09. The quantitative estimate of drug-likeness (QED) is 0.826. The lowest BCUT2D eigenvalue weighted by Gasteiger charge is -2.48. The molecule has 2 aliphatic carbocycles. The van der Waals surface area contributed by atoms with Crippen molar-refractivity contribution in [2.45, 2.75) is 82.0 Å². The van der Waals surface area contributed by atoms with Crippen LogP contribution in [0.15, 0.2) is 0 Å². The van der Waals surface area contributed by atoms with E-state index in [0.29, 0.717) is 12.0 Å². The number of nitrogens with one attached hydrogen (secondary N) is 1. The zero-order chi connectivity index (χ0) is 13.3. The number of hydrogen-bond donors (Lipinski definition) is 2. The van der Waals surface area contributed by atoms with Gasteiger partial charge in [0.2, 0.25) is 0 Å². The Morgan fingerprint density at radius 1 is 1.16 bits per heavy atom. The molecule has 110 valence electrons. The van der Waals surface area contributed by atoms with Gasteiger partial charge in [-0.25, -0.2) is 0 Å². The Balaban J connectivity index is 1.48. The van der Waals surface area contributed by atoms with E-state index in [9.17, 15) is 5.11 Å². The summed E-state index contributed by atoms with van der Waals surface area (Å²) in [6, 6.07) is 0.551. The van der Waals surface area contributed by atoms with Crippen LogP contribution in [-0.4, -0.2) is 35.5 Å². The first-order valence-corrected chi connectivity index (χ1v) is 8.19.